The van der Waals surface area contributed by atoms with Gasteiger partial charge in [-0.3, -0.25) is 4.98 Å². The molecule has 1 atom stereocenters. The van der Waals surface area contributed by atoms with E-state index in [9.17, 15) is 0 Å². The lowest BCUT2D eigenvalue weighted by atomic mass is 9.88. The lowest BCUT2D eigenvalue weighted by molar-refractivity contribution is 0.658. The van der Waals surface area contributed by atoms with E-state index in [4.69, 9.17) is 11.5 Å². The predicted molar refractivity (Wildman–Crippen MR) is 105 cm³/mol. The van der Waals surface area contributed by atoms with E-state index in [-0.39, 0.29) is 11.9 Å². The van der Waals surface area contributed by atoms with Crippen LogP contribution >= 0.6 is 11.8 Å². The molecule has 26 heavy (non-hydrogen) atoms. The van der Waals surface area contributed by atoms with Crippen molar-refractivity contribution in [3.8, 4) is 0 Å². The molecule has 0 bridgehead atoms. The number of benzene rings is 1. The summed E-state index contributed by atoms with van der Waals surface area (Å²) in [5, 5.41) is 0. The maximum absolute atomic E-state index is 6.23. The molecular weight excluding hydrogens is 342 g/mol. The Balaban J connectivity index is 1.64. The van der Waals surface area contributed by atoms with Crippen LogP contribution in [-0.4, -0.2) is 15.0 Å². The second-order valence-corrected chi connectivity index (χ2v) is 7.63. The van der Waals surface area contributed by atoms with Crippen LogP contribution in [0.25, 0.3) is 0 Å². The fourth-order valence-electron chi connectivity index (χ4n) is 3.55. The molecule has 6 heteroatoms. The Morgan fingerprint density at radius 3 is 2.38 bits per heavy atom. The van der Waals surface area contributed by atoms with Crippen LogP contribution in [0.2, 0.25) is 0 Å². The first-order valence-corrected chi connectivity index (χ1v) is 9.62. The lowest BCUT2D eigenvalue weighted by Crippen LogP contribution is -2.12. The summed E-state index contributed by atoms with van der Waals surface area (Å²) >= 11 is 1.73. The summed E-state index contributed by atoms with van der Waals surface area (Å²) in [6.07, 6.45) is 7.85. The monoisotopic (exact) mass is 363 g/mol. The first-order chi connectivity index (χ1) is 12.7. The number of rotatable bonds is 3. The van der Waals surface area contributed by atoms with E-state index in [2.05, 4.69) is 39.2 Å². The fourth-order valence-corrected chi connectivity index (χ4v) is 4.36. The highest BCUT2D eigenvalue weighted by Crippen LogP contribution is 2.38. The standard InChI is InChI=1S/C20H21N5S/c21-19-18-16(3-1-2-4-17(18)24-20(22)25-19)13-5-7-14(8-6-13)26-15-9-11-23-12-10-15/h5-12,16H,1-4H2,(H4,21,22,24,25). The van der Waals surface area contributed by atoms with Gasteiger partial charge in [0.1, 0.15) is 5.82 Å². The number of aryl methyl sites for hydroxylation is 1. The van der Waals surface area contributed by atoms with Crippen molar-refractivity contribution >= 4 is 23.5 Å². The molecule has 1 aliphatic carbocycles. The minimum Gasteiger partial charge on any atom is -0.383 e. The molecule has 4 N–H and O–H groups in total. The number of pyridine rings is 1. The molecular formula is C20H21N5S. The largest absolute Gasteiger partial charge is 0.383 e. The number of hydrogen-bond donors (Lipinski definition) is 2. The molecule has 2 heterocycles. The highest BCUT2D eigenvalue weighted by molar-refractivity contribution is 7.99. The molecule has 0 saturated heterocycles. The first kappa shape index (κ1) is 16.8. The van der Waals surface area contributed by atoms with E-state index in [1.807, 2.05) is 24.5 Å². The van der Waals surface area contributed by atoms with Crippen molar-refractivity contribution in [2.45, 2.75) is 41.4 Å². The molecule has 0 aliphatic heterocycles. The molecule has 0 saturated carbocycles. The predicted octanol–water partition coefficient (Wildman–Crippen LogP) is 4.05. The van der Waals surface area contributed by atoms with Gasteiger partial charge in [0.05, 0.1) is 5.69 Å². The Morgan fingerprint density at radius 1 is 0.885 bits per heavy atom. The third-order valence-corrected chi connectivity index (χ3v) is 5.76. The van der Waals surface area contributed by atoms with Gasteiger partial charge in [-0.05, 0) is 49.1 Å². The minimum absolute atomic E-state index is 0.230. The van der Waals surface area contributed by atoms with Crippen LogP contribution in [-0.2, 0) is 6.42 Å². The number of nitrogens with zero attached hydrogens (tertiary/aromatic N) is 3. The second kappa shape index (κ2) is 7.33. The molecule has 1 aromatic carbocycles. The molecule has 1 aliphatic rings. The van der Waals surface area contributed by atoms with Gasteiger partial charge in [-0.1, -0.05) is 30.3 Å². The Kier molecular flexibility index (Phi) is 4.75. The number of hydrogen-bond acceptors (Lipinski definition) is 6. The number of nitrogen functional groups attached to an aromatic ring is 2. The summed E-state index contributed by atoms with van der Waals surface area (Å²) in [6, 6.07) is 12.8. The van der Waals surface area contributed by atoms with Crippen LogP contribution in [0.4, 0.5) is 11.8 Å². The van der Waals surface area contributed by atoms with Crippen molar-refractivity contribution in [2.24, 2.45) is 0 Å². The van der Waals surface area contributed by atoms with Crippen LogP contribution in [0.5, 0.6) is 0 Å². The van der Waals surface area contributed by atoms with Crippen LogP contribution in [0.3, 0.4) is 0 Å². The maximum atomic E-state index is 6.23. The van der Waals surface area contributed by atoms with E-state index in [0.717, 1.165) is 36.9 Å². The van der Waals surface area contributed by atoms with E-state index in [1.54, 1.807) is 11.8 Å². The van der Waals surface area contributed by atoms with Crippen molar-refractivity contribution in [1.82, 2.24) is 15.0 Å². The Bertz CT molecular complexity index is 896. The summed E-state index contributed by atoms with van der Waals surface area (Å²) in [7, 11) is 0. The number of anilines is 2. The normalized spacial score (nSPS) is 16.7. The molecule has 3 aromatic rings. The SMILES string of the molecule is Nc1nc(N)c2c(n1)CCCCC2c1ccc(Sc2ccncc2)cc1. The van der Waals surface area contributed by atoms with Crippen LogP contribution in [0.15, 0.2) is 58.6 Å². The average molecular weight is 363 g/mol. The van der Waals surface area contributed by atoms with E-state index >= 15 is 0 Å². The summed E-state index contributed by atoms with van der Waals surface area (Å²) < 4.78 is 0. The van der Waals surface area contributed by atoms with Gasteiger partial charge >= 0.3 is 0 Å². The van der Waals surface area contributed by atoms with Crippen molar-refractivity contribution in [3.05, 3.63) is 65.6 Å². The molecule has 132 valence electrons. The lowest BCUT2D eigenvalue weighted by Gasteiger charge is -2.19. The summed E-state index contributed by atoms with van der Waals surface area (Å²) in [6.45, 7) is 0. The van der Waals surface area contributed by atoms with Gasteiger partial charge in [-0.15, -0.1) is 0 Å². The number of nitrogens with two attached hydrogens (primary N) is 2. The van der Waals surface area contributed by atoms with Gasteiger partial charge in [0.25, 0.3) is 0 Å². The summed E-state index contributed by atoms with van der Waals surface area (Å²) in [5.74, 6) is 1.02. The van der Waals surface area contributed by atoms with E-state index < -0.39 is 0 Å². The van der Waals surface area contributed by atoms with Gasteiger partial charge in [0.15, 0.2) is 0 Å². The van der Waals surface area contributed by atoms with Crippen molar-refractivity contribution in [1.29, 1.82) is 0 Å². The Labute approximate surface area is 157 Å². The molecule has 4 rings (SSSR count). The molecule has 2 aromatic heterocycles. The van der Waals surface area contributed by atoms with Crippen molar-refractivity contribution < 1.29 is 0 Å². The third kappa shape index (κ3) is 3.51. The second-order valence-electron chi connectivity index (χ2n) is 6.48. The highest BCUT2D eigenvalue weighted by Gasteiger charge is 2.25. The number of aromatic nitrogens is 3. The average Bonchev–Trinajstić information content (AvgIpc) is 2.86. The summed E-state index contributed by atoms with van der Waals surface area (Å²) in [4.78, 5) is 15.1. The van der Waals surface area contributed by atoms with Crippen molar-refractivity contribution in [2.75, 3.05) is 11.5 Å². The van der Waals surface area contributed by atoms with Gasteiger partial charge in [-0.2, -0.15) is 4.98 Å². The van der Waals surface area contributed by atoms with Crippen molar-refractivity contribution in [3.63, 3.8) is 0 Å². The number of fused-ring (bicyclic) bond motifs is 1. The fraction of sp³-hybridized carbons (Fsp3) is 0.250. The zero-order chi connectivity index (χ0) is 17.9. The third-order valence-electron chi connectivity index (χ3n) is 4.74. The molecule has 0 amide bonds. The van der Waals surface area contributed by atoms with E-state index in [1.165, 1.54) is 15.4 Å². The molecule has 1 unspecified atom stereocenters. The quantitative estimate of drug-likeness (QED) is 0.682. The zero-order valence-corrected chi connectivity index (χ0v) is 15.2. The summed E-state index contributed by atoms with van der Waals surface area (Å²) in [5.41, 5.74) is 15.4. The smallest absolute Gasteiger partial charge is 0.222 e. The molecule has 0 radical (unpaired) electrons. The topological polar surface area (TPSA) is 90.7 Å². The van der Waals surface area contributed by atoms with E-state index in [0.29, 0.717) is 5.82 Å². The maximum Gasteiger partial charge on any atom is 0.222 e. The molecule has 0 spiro atoms. The molecule has 5 nitrogen and oxygen atoms in total. The highest BCUT2D eigenvalue weighted by atomic mass is 32.2. The van der Waals surface area contributed by atoms with Gasteiger partial charge < -0.3 is 11.5 Å². The minimum atomic E-state index is 0.230. The Hall–Kier alpha value is -2.60. The van der Waals surface area contributed by atoms with Gasteiger partial charge in [0.2, 0.25) is 5.95 Å². The van der Waals surface area contributed by atoms with Gasteiger partial charge in [0, 0.05) is 33.7 Å². The zero-order valence-electron chi connectivity index (χ0n) is 14.4. The van der Waals surface area contributed by atoms with Crippen LogP contribution in [0.1, 0.15) is 42.0 Å². The van der Waals surface area contributed by atoms with Crippen LogP contribution in [0, 0.1) is 0 Å². The van der Waals surface area contributed by atoms with Gasteiger partial charge in [-0.25, -0.2) is 4.98 Å². The first-order valence-electron chi connectivity index (χ1n) is 8.80. The molecule has 0 fully saturated rings. The van der Waals surface area contributed by atoms with Crippen LogP contribution < -0.4 is 11.5 Å². The Morgan fingerprint density at radius 2 is 1.62 bits per heavy atom.